The molecule has 25 heavy (non-hydrogen) atoms. The van der Waals surface area contributed by atoms with Gasteiger partial charge in [-0.05, 0) is 61.5 Å². The number of hydrogen-bond donors (Lipinski definition) is 1. The van der Waals surface area contributed by atoms with Crippen molar-refractivity contribution < 1.29 is 9.59 Å². The maximum absolute atomic E-state index is 12.8. The highest BCUT2D eigenvalue weighted by atomic mass is 32.2. The highest BCUT2D eigenvalue weighted by Gasteiger charge is 2.59. The minimum Gasteiger partial charge on any atom is -0.355 e. The molecule has 0 spiro atoms. The van der Waals surface area contributed by atoms with Crippen LogP contribution >= 0.6 is 11.8 Å². The van der Waals surface area contributed by atoms with Crippen molar-refractivity contribution in [2.75, 3.05) is 25.4 Å². The lowest BCUT2D eigenvalue weighted by Crippen LogP contribution is -2.52. The summed E-state index contributed by atoms with van der Waals surface area (Å²) in [6, 6.07) is 3.96. The van der Waals surface area contributed by atoms with Crippen LogP contribution < -0.4 is 5.32 Å². The van der Waals surface area contributed by atoms with Gasteiger partial charge in [0.15, 0.2) is 0 Å². The molecule has 4 rings (SSSR count). The Morgan fingerprint density at radius 3 is 2.84 bits per heavy atom. The first-order valence-electron chi connectivity index (χ1n) is 9.27. The maximum atomic E-state index is 12.8. The minimum atomic E-state index is -0.322. The van der Waals surface area contributed by atoms with Gasteiger partial charge < -0.3 is 10.2 Å². The van der Waals surface area contributed by atoms with E-state index in [4.69, 9.17) is 0 Å². The predicted octanol–water partition coefficient (Wildman–Crippen LogP) is 1.87. The Hall–Kier alpha value is -1.56. The summed E-state index contributed by atoms with van der Waals surface area (Å²) in [5.41, 5.74) is 0.858. The fourth-order valence-electron chi connectivity index (χ4n) is 4.40. The Morgan fingerprint density at radius 2 is 2.16 bits per heavy atom. The summed E-state index contributed by atoms with van der Waals surface area (Å²) in [5.74, 6) is 1.85. The molecule has 6 heteroatoms. The molecular weight excluding hydrogens is 334 g/mol. The van der Waals surface area contributed by atoms with Crippen molar-refractivity contribution in [1.29, 1.82) is 0 Å². The molecule has 134 valence electrons. The first-order valence-corrected chi connectivity index (χ1v) is 10.3. The number of carbonyl (C=O) groups excluding carboxylic acids is 2. The van der Waals surface area contributed by atoms with Crippen molar-refractivity contribution in [3.63, 3.8) is 0 Å². The van der Waals surface area contributed by atoms with Crippen LogP contribution in [-0.4, -0.2) is 52.3 Å². The smallest absolute Gasteiger partial charge is 0.235 e. The van der Waals surface area contributed by atoms with Crippen LogP contribution in [-0.2, 0) is 16.0 Å². The summed E-state index contributed by atoms with van der Waals surface area (Å²) >= 11 is 1.78. The first kappa shape index (κ1) is 16.9. The van der Waals surface area contributed by atoms with Crippen LogP contribution in [0.5, 0.6) is 0 Å². The molecule has 0 aromatic carbocycles. The van der Waals surface area contributed by atoms with E-state index in [-0.39, 0.29) is 22.5 Å². The Bertz CT molecular complexity index is 647. The van der Waals surface area contributed by atoms with E-state index in [2.05, 4.69) is 10.3 Å². The molecule has 1 aromatic heterocycles. The Kier molecular flexibility index (Phi) is 4.71. The molecular formula is C19H25N3O2S. The van der Waals surface area contributed by atoms with Gasteiger partial charge in [0, 0.05) is 32.0 Å². The zero-order valence-electron chi connectivity index (χ0n) is 14.4. The number of fused-ring (bicyclic) bond motifs is 1. The van der Waals surface area contributed by atoms with Crippen LogP contribution in [0.15, 0.2) is 24.5 Å². The Balaban J connectivity index is 1.33. The summed E-state index contributed by atoms with van der Waals surface area (Å²) in [6.45, 7) is 2.03. The highest BCUT2D eigenvalue weighted by molar-refractivity contribution is 8.00. The molecule has 5 nitrogen and oxygen atoms in total. The molecule has 3 atom stereocenters. The zero-order valence-corrected chi connectivity index (χ0v) is 15.3. The van der Waals surface area contributed by atoms with Crippen molar-refractivity contribution in [3.8, 4) is 0 Å². The molecule has 2 saturated heterocycles. The number of nitrogens with one attached hydrogen (secondary N) is 1. The van der Waals surface area contributed by atoms with Gasteiger partial charge in [0.1, 0.15) is 0 Å². The number of pyridine rings is 1. The monoisotopic (exact) mass is 359 g/mol. The second-order valence-corrected chi connectivity index (χ2v) is 8.78. The number of carbonyl (C=O) groups is 2. The van der Waals surface area contributed by atoms with Crippen molar-refractivity contribution in [1.82, 2.24) is 15.2 Å². The molecule has 2 aliphatic heterocycles. The minimum absolute atomic E-state index is 0.129. The third-order valence-corrected chi connectivity index (χ3v) is 7.42. The molecule has 1 N–H and O–H groups in total. The van der Waals surface area contributed by atoms with Gasteiger partial charge in [0.25, 0.3) is 0 Å². The van der Waals surface area contributed by atoms with Gasteiger partial charge in [0.05, 0.1) is 10.7 Å². The van der Waals surface area contributed by atoms with Crippen molar-refractivity contribution in [2.24, 2.45) is 11.3 Å². The third kappa shape index (κ3) is 3.16. The molecule has 3 unspecified atom stereocenters. The maximum Gasteiger partial charge on any atom is 0.235 e. The molecule has 1 saturated carbocycles. The normalized spacial score (nSPS) is 30.6. The summed E-state index contributed by atoms with van der Waals surface area (Å²) in [6.07, 6.45) is 8.49. The SMILES string of the molecule is O=C(C1CCCS1)N1CC2CCC2(C(=O)NCCc2ccncc2)C1. The number of aromatic nitrogens is 1. The van der Waals surface area contributed by atoms with E-state index < -0.39 is 0 Å². The number of rotatable bonds is 5. The number of hydrogen-bond acceptors (Lipinski definition) is 4. The van der Waals surface area contributed by atoms with E-state index in [1.54, 1.807) is 24.2 Å². The van der Waals surface area contributed by atoms with Gasteiger partial charge in [-0.25, -0.2) is 0 Å². The lowest BCUT2D eigenvalue weighted by molar-refractivity contribution is -0.138. The van der Waals surface area contributed by atoms with Gasteiger partial charge in [-0.15, -0.1) is 11.8 Å². The third-order valence-electron chi connectivity index (χ3n) is 6.05. The van der Waals surface area contributed by atoms with E-state index in [0.717, 1.165) is 44.4 Å². The van der Waals surface area contributed by atoms with E-state index >= 15 is 0 Å². The second-order valence-electron chi connectivity index (χ2n) is 7.47. The van der Waals surface area contributed by atoms with E-state index in [9.17, 15) is 9.59 Å². The number of amides is 2. The first-order chi connectivity index (χ1) is 12.2. The molecule has 0 radical (unpaired) electrons. The van der Waals surface area contributed by atoms with Crippen LogP contribution in [0, 0.1) is 11.3 Å². The number of likely N-dealkylation sites (tertiary alicyclic amines) is 1. The topological polar surface area (TPSA) is 62.3 Å². The molecule has 3 heterocycles. The van der Waals surface area contributed by atoms with Crippen LogP contribution in [0.25, 0.3) is 0 Å². The van der Waals surface area contributed by atoms with E-state index in [1.807, 2.05) is 17.0 Å². The number of nitrogens with zero attached hydrogens (tertiary/aromatic N) is 2. The average molecular weight is 359 g/mol. The highest BCUT2D eigenvalue weighted by Crippen LogP contribution is 2.52. The molecule has 3 fully saturated rings. The van der Waals surface area contributed by atoms with Crippen LogP contribution in [0.3, 0.4) is 0 Å². The fourth-order valence-corrected chi connectivity index (χ4v) is 5.65. The lowest BCUT2D eigenvalue weighted by atomic mass is 9.61. The van der Waals surface area contributed by atoms with Crippen LogP contribution in [0.2, 0.25) is 0 Å². The molecule has 1 aromatic rings. The van der Waals surface area contributed by atoms with E-state index in [1.165, 1.54) is 5.56 Å². The van der Waals surface area contributed by atoms with Crippen LogP contribution in [0.4, 0.5) is 0 Å². The summed E-state index contributed by atoms with van der Waals surface area (Å²) in [4.78, 5) is 31.5. The summed E-state index contributed by atoms with van der Waals surface area (Å²) in [7, 11) is 0. The van der Waals surface area contributed by atoms with Gasteiger partial charge in [-0.3, -0.25) is 14.6 Å². The van der Waals surface area contributed by atoms with Crippen molar-refractivity contribution >= 4 is 23.6 Å². The van der Waals surface area contributed by atoms with Crippen LogP contribution in [0.1, 0.15) is 31.2 Å². The van der Waals surface area contributed by atoms with Gasteiger partial charge in [0.2, 0.25) is 11.8 Å². The fraction of sp³-hybridized carbons (Fsp3) is 0.632. The van der Waals surface area contributed by atoms with Gasteiger partial charge >= 0.3 is 0 Å². The molecule has 2 amide bonds. The summed E-state index contributed by atoms with van der Waals surface area (Å²) < 4.78 is 0. The zero-order chi connectivity index (χ0) is 17.3. The quantitative estimate of drug-likeness (QED) is 0.872. The molecule has 1 aliphatic carbocycles. The lowest BCUT2D eigenvalue weighted by Gasteiger charge is -2.42. The number of thioether (sulfide) groups is 1. The average Bonchev–Trinajstić information content (AvgIpc) is 3.23. The van der Waals surface area contributed by atoms with Crippen molar-refractivity contribution in [3.05, 3.63) is 30.1 Å². The Morgan fingerprint density at radius 1 is 1.32 bits per heavy atom. The molecule has 0 bridgehead atoms. The summed E-state index contributed by atoms with van der Waals surface area (Å²) in [5, 5.41) is 3.25. The largest absolute Gasteiger partial charge is 0.355 e. The van der Waals surface area contributed by atoms with E-state index in [0.29, 0.717) is 19.0 Å². The second kappa shape index (κ2) is 6.98. The van der Waals surface area contributed by atoms with Crippen molar-refractivity contribution in [2.45, 2.75) is 37.4 Å². The predicted molar refractivity (Wildman–Crippen MR) is 98.2 cm³/mol. The van der Waals surface area contributed by atoms with Gasteiger partial charge in [-0.1, -0.05) is 0 Å². The standard InChI is InChI=1S/C19H25N3O2S/c23-17(16-2-1-11-25-16)22-12-15-3-7-19(15,13-22)18(24)21-10-6-14-4-8-20-9-5-14/h4-5,8-9,15-16H,1-3,6-7,10-13H2,(H,21,24). The Labute approximate surface area is 152 Å². The molecule has 3 aliphatic rings. The van der Waals surface area contributed by atoms with Gasteiger partial charge in [-0.2, -0.15) is 0 Å².